The van der Waals surface area contributed by atoms with Gasteiger partial charge in [-0.3, -0.25) is 14.9 Å². The van der Waals surface area contributed by atoms with E-state index < -0.39 is 40.8 Å². The summed E-state index contributed by atoms with van der Waals surface area (Å²) in [6, 6.07) is 2.09. The van der Waals surface area contributed by atoms with Gasteiger partial charge < -0.3 is 20.1 Å². The van der Waals surface area contributed by atoms with E-state index >= 15 is 0 Å². The molecule has 12 heteroatoms. The van der Waals surface area contributed by atoms with Gasteiger partial charge in [0.2, 0.25) is 0 Å². The lowest BCUT2D eigenvalue weighted by Crippen LogP contribution is -2.33. The molecule has 1 aromatic carbocycles. The normalized spacial score (nSPS) is 11.0. The second-order valence-corrected chi connectivity index (χ2v) is 5.06. The fourth-order valence-corrected chi connectivity index (χ4v) is 1.83. The molecule has 0 aliphatic carbocycles. The number of hydrogen-bond acceptors (Lipinski definition) is 7. The maximum Gasteiger partial charge on any atom is 0.416 e. The highest BCUT2D eigenvalue weighted by atomic mass is 19.4. The van der Waals surface area contributed by atoms with E-state index in [-0.39, 0.29) is 25.4 Å². The highest BCUT2D eigenvalue weighted by Crippen LogP contribution is 2.34. The predicted octanol–water partition coefficient (Wildman–Crippen LogP) is 1.72. The molecule has 1 aromatic rings. The van der Waals surface area contributed by atoms with E-state index in [1.807, 2.05) is 0 Å². The minimum absolute atomic E-state index is 0.0000202. The number of nitrogens with zero attached hydrogens (tertiary/aromatic N) is 1. The number of nitro groups is 1. The molecule has 0 heterocycles. The topological polar surface area (TPSA) is 120 Å². The van der Waals surface area contributed by atoms with Crippen molar-refractivity contribution < 1.29 is 37.2 Å². The van der Waals surface area contributed by atoms with Gasteiger partial charge in [0.25, 0.3) is 11.6 Å². The summed E-state index contributed by atoms with van der Waals surface area (Å²) in [6.45, 7) is 1.22. The van der Waals surface area contributed by atoms with Crippen molar-refractivity contribution in [2.24, 2.45) is 0 Å². The van der Waals surface area contributed by atoms with Crippen molar-refractivity contribution in [1.82, 2.24) is 5.32 Å². The first-order chi connectivity index (χ1) is 12.6. The highest BCUT2D eigenvalue weighted by molar-refractivity contribution is 5.80. The third-order valence-corrected chi connectivity index (χ3v) is 3.07. The number of benzene rings is 1. The Balaban J connectivity index is 2.46. The van der Waals surface area contributed by atoms with E-state index in [0.29, 0.717) is 18.7 Å². The summed E-state index contributed by atoms with van der Waals surface area (Å²) in [5.41, 5.74) is -1.99. The van der Waals surface area contributed by atoms with E-state index in [1.54, 1.807) is 6.92 Å². The maximum absolute atomic E-state index is 12.6. The largest absolute Gasteiger partial charge is 0.454 e. The molecule has 1 rings (SSSR count). The number of nitro benzene ring substituents is 1. The molecule has 0 bridgehead atoms. The van der Waals surface area contributed by atoms with Crippen molar-refractivity contribution in [2.45, 2.75) is 13.1 Å². The number of hydrogen-bond donors (Lipinski definition) is 2. The van der Waals surface area contributed by atoms with Crippen LogP contribution in [0.25, 0.3) is 0 Å². The predicted molar refractivity (Wildman–Crippen MR) is 87.0 cm³/mol. The monoisotopic (exact) mass is 393 g/mol. The van der Waals surface area contributed by atoms with Crippen LogP contribution in [-0.2, 0) is 25.2 Å². The van der Waals surface area contributed by atoms with E-state index in [4.69, 9.17) is 4.74 Å². The quantitative estimate of drug-likeness (QED) is 0.269. The van der Waals surface area contributed by atoms with Gasteiger partial charge >= 0.3 is 12.1 Å². The number of alkyl halides is 3. The minimum Gasteiger partial charge on any atom is -0.454 e. The number of carbonyl (C=O) groups is 2. The van der Waals surface area contributed by atoms with Gasteiger partial charge in [-0.15, -0.1) is 0 Å². The van der Waals surface area contributed by atoms with Crippen LogP contribution in [0, 0.1) is 10.1 Å². The van der Waals surface area contributed by atoms with Gasteiger partial charge in [-0.1, -0.05) is 0 Å². The number of nitrogens with one attached hydrogen (secondary N) is 2. The molecular weight excluding hydrogens is 375 g/mol. The number of amides is 1. The summed E-state index contributed by atoms with van der Waals surface area (Å²) in [5, 5.41) is 15.9. The van der Waals surface area contributed by atoms with Crippen molar-refractivity contribution >= 4 is 23.3 Å². The first-order valence-electron chi connectivity index (χ1n) is 7.74. The zero-order valence-electron chi connectivity index (χ0n) is 14.3. The van der Waals surface area contributed by atoms with Gasteiger partial charge in [0, 0.05) is 25.8 Å². The highest BCUT2D eigenvalue weighted by Gasteiger charge is 2.32. The first kappa shape index (κ1) is 22.2. The smallest absolute Gasteiger partial charge is 0.416 e. The van der Waals surface area contributed by atoms with Crippen molar-refractivity contribution in [3.63, 3.8) is 0 Å². The minimum atomic E-state index is -4.70. The summed E-state index contributed by atoms with van der Waals surface area (Å²) >= 11 is 0. The van der Waals surface area contributed by atoms with Crippen molar-refractivity contribution in [1.29, 1.82) is 0 Å². The van der Waals surface area contributed by atoms with Crippen LogP contribution in [0.15, 0.2) is 18.2 Å². The molecule has 0 unspecified atom stereocenters. The number of esters is 1. The van der Waals surface area contributed by atoms with E-state index in [1.165, 1.54) is 0 Å². The Morgan fingerprint density at radius 3 is 2.52 bits per heavy atom. The standard InChI is InChI=1S/C15H18F3N3O6/c1-2-26-9-14(23)27-8-13(22)20-6-5-19-11-4-3-10(15(16,17)18)7-12(11)21(24)25/h3-4,7,19H,2,5-6,8-9H2,1H3,(H,20,22). The summed E-state index contributed by atoms with van der Waals surface area (Å²) in [6.07, 6.45) is -4.70. The SMILES string of the molecule is CCOCC(=O)OCC(=O)NCCNc1ccc(C(F)(F)F)cc1[N+](=O)[O-]. The third kappa shape index (κ3) is 7.90. The molecule has 0 radical (unpaired) electrons. The van der Waals surface area contributed by atoms with Gasteiger partial charge in [-0.05, 0) is 19.1 Å². The molecule has 0 spiro atoms. The van der Waals surface area contributed by atoms with Gasteiger partial charge in [0.1, 0.15) is 12.3 Å². The van der Waals surface area contributed by atoms with E-state index in [0.717, 1.165) is 6.07 Å². The van der Waals surface area contributed by atoms with Gasteiger partial charge in [0.05, 0.1) is 10.5 Å². The second-order valence-electron chi connectivity index (χ2n) is 5.06. The van der Waals surface area contributed by atoms with Gasteiger partial charge in [0.15, 0.2) is 6.61 Å². The van der Waals surface area contributed by atoms with E-state index in [9.17, 15) is 32.9 Å². The molecule has 0 aliphatic rings. The van der Waals surface area contributed by atoms with Crippen LogP contribution in [-0.4, -0.2) is 49.7 Å². The number of ether oxygens (including phenoxy) is 2. The molecule has 0 fully saturated rings. The molecule has 27 heavy (non-hydrogen) atoms. The van der Waals surface area contributed by atoms with Crippen molar-refractivity contribution in [2.75, 3.05) is 38.2 Å². The molecular formula is C15H18F3N3O6. The molecule has 1 amide bonds. The molecule has 150 valence electrons. The molecule has 2 N–H and O–H groups in total. The Labute approximate surface area is 152 Å². The molecule has 0 saturated heterocycles. The molecule has 0 saturated carbocycles. The summed E-state index contributed by atoms with van der Waals surface area (Å²) in [5.74, 6) is -1.31. The lowest BCUT2D eigenvalue weighted by atomic mass is 10.1. The van der Waals surface area contributed by atoms with Crippen LogP contribution in [0.5, 0.6) is 0 Å². The lowest BCUT2D eigenvalue weighted by molar-refractivity contribution is -0.384. The molecule has 0 atom stereocenters. The van der Waals surface area contributed by atoms with Crippen molar-refractivity contribution in [3.8, 4) is 0 Å². The Morgan fingerprint density at radius 2 is 1.93 bits per heavy atom. The molecule has 9 nitrogen and oxygen atoms in total. The van der Waals surface area contributed by atoms with E-state index in [2.05, 4.69) is 15.4 Å². The number of rotatable bonds is 10. The molecule has 0 aromatic heterocycles. The first-order valence-corrected chi connectivity index (χ1v) is 7.74. The van der Waals surface area contributed by atoms with Crippen LogP contribution in [0.4, 0.5) is 24.5 Å². The average Bonchev–Trinajstić information content (AvgIpc) is 2.60. The Hall–Kier alpha value is -2.89. The van der Waals surface area contributed by atoms with Crippen LogP contribution < -0.4 is 10.6 Å². The average molecular weight is 393 g/mol. The molecule has 0 aliphatic heterocycles. The lowest BCUT2D eigenvalue weighted by Gasteiger charge is -2.11. The Bertz CT molecular complexity index is 681. The van der Waals surface area contributed by atoms with Crippen molar-refractivity contribution in [3.05, 3.63) is 33.9 Å². The Kier molecular flexibility index (Phi) is 8.45. The van der Waals surface area contributed by atoms with Crippen LogP contribution >= 0.6 is 0 Å². The van der Waals surface area contributed by atoms with Crippen LogP contribution in [0.3, 0.4) is 0 Å². The second kappa shape index (κ2) is 10.3. The summed E-state index contributed by atoms with van der Waals surface area (Å²) < 4.78 is 47.3. The third-order valence-electron chi connectivity index (χ3n) is 3.07. The van der Waals surface area contributed by atoms with Gasteiger partial charge in [-0.2, -0.15) is 13.2 Å². The fourth-order valence-electron chi connectivity index (χ4n) is 1.83. The summed E-state index contributed by atoms with van der Waals surface area (Å²) in [7, 11) is 0. The fraction of sp³-hybridized carbons (Fsp3) is 0.467. The van der Waals surface area contributed by atoms with Crippen LogP contribution in [0.2, 0.25) is 0 Å². The maximum atomic E-state index is 12.6. The summed E-state index contributed by atoms with van der Waals surface area (Å²) in [4.78, 5) is 32.6. The number of carbonyl (C=O) groups excluding carboxylic acids is 2. The number of anilines is 1. The Morgan fingerprint density at radius 1 is 1.22 bits per heavy atom. The van der Waals surface area contributed by atoms with Crippen LogP contribution in [0.1, 0.15) is 12.5 Å². The van der Waals surface area contributed by atoms with Gasteiger partial charge in [-0.25, -0.2) is 4.79 Å². The zero-order chi connectivity index (χ0) is 20.4. The zero-order valence-corrected chi connectivity index (χ0v) is 14.3. The number of halogens is 3.